The van der Waals surface area contributed by atoms with Gasteiger partial charge in [-0.05, 0) is 66.7 Å². The monoisotopic (exact) mass is 308 g/mol. The van der Waals surface area contributed by atoms with Gasteiger partial charge in [0.15, 0.2) is 0 Å². The molecule has 0 aromatic carbocycles. The fraction of sp³-hybridized carbons (Fsp3) is 0.533. The SMILES string of the molecule is CCCNC(C1=CCCCC1)c1ncccc1Br. The Kier molecular flexibility index (Phi) is 5.39. The Bertz CT molecular complexity index is 415. The highest BCUT2D eigenvalue weighted by Gasteiger charge is 2.20. The Labute approximate surface area is 118 Å². The molecule has 1 aliphatic carbocycles. The first-order chi connectivity index (χ1) is 8.83. The lowest BCUT2D eigenvalue weighted by Crippen LogP contribution is -2.26. The molecule has 0 spiro atoms. The van der Waals surface area contributed by atoms with Crippen LogP contribution in [-0.4, -0.2) is 11.5 Å². The van der Waals surface area contributed by atoms with Crippen LogP contribution in [0.15, 0.2) is 34.5 Å². The summed E-state index contributed by atoms with van der Waals surface area (Å²) in [7, 11) is 0. The van der Waals surface area contributed by atoms with Crippen molar-refractivity contribution in [2.75, 3.05) is 6.54 Å². The van der Waals surface area contributed by atoms with E-state index in [1.807, 2.05) is 12.3 Å². The zero-order chi connectivity index (χ0) is 12.8. The third-order valence-electron chi connectivity index (χ3n) is 3.36. The minimum Gasteiger partial charge on any atom is -0.305 e. The van der Waals surface area contributed by atoms with Gasteiger partial charge < -0.3 is 5.32 Å². The van der Waals surface area contributed by atoms with Gasteiger partial charge in [-0.3, -0.25) is 4.98 Å². The number of allylic oxidation sites excluding steroid dienone is 1. The molecule has 2 rings (SSSR count). The van der Waals surface area contributed by atoms with Crippen molar-refractivity contribution in [1.29, 1.82) is 0 Å². The van der Waals surface area contributed by atoms with Crippen LogP contribution in [0.4, 0.5) is 0 Å². The molecule has 1 unspecified atom stereocenters. The molecular formula is C15H21BrN2. The maximum Gasteiger partial charge on any atom is 0.0756 e. The summed E-state index contributed by atoms with van der Waals surface area (Å²) in [6, 6.07) is 4.33. The van der Waals surface area contributed by atoms with Gasteiger partial charge in [0.05, 0.1) is 11.7 Å². The highest BCUT2D eigenvalue weighted by molar-refractivity contribution is 9.10. The van der Waals surface area contributed by atoms with E-state index in [2.05, 4.69) is 45.3 Å². The molecule has 1 aromatic heterocycles. The predicted molar refractivity (Wildman–Crippen MR) is 79.5 cm³/mol. The maximum atomic E-state index is 4.56. The van der Waals surface area contributed by atoms with Crippen LogP contribution in [0.1, 0.15) is 50.8 Å². The summed E-state index contributed by atoms with van der Waals surface area (Å²) in [6.45, 7) is 3.23. The minimum absolute atomic E-state index is 0.279. The summed E-state index contributed by atoms with van der Waals surface area (Å²) < 4.78 is 1.10. The van der Waals surface area contributed by atoms with Crippen LogP contribution in [0, 0.1) is 0 Å². The second kappa shape index (κ2) is 7.05. The normalized spacial score (nSPS) is 17.3. The molecule has 98 valence electrons. The van der Waals surface area contributed by atoms with Gasteiger partial charge in [0, 0.05) is 10.7 Å². The molecule has 0 amide bonds. The first-order valence-electron chi connectivity index (χ1n) is 6.85. The summed E-state index contributed by atoms with van der Waals surface area (Å²) in [5, 5.41) is 3.64. The van der Waals surface area contributed by atoms with Gasteiger partial charge in [0.25, 0.3) is 0 Å². The van der Waals surface area contributed by atoms with E-state index in [1.165, 1.54) is 31.3 Å². The lowest BCUT2D eigenvalue weighted by Gasteiger charge is -2.24. The van der Waals surface area contributed by atoms with Crippen molar-refractivity contribution < 1.29 is 0 Å². The van der Waals surface area contributed by atoms with Crippen LogP contribution in [0.2, 0.25) is 0 Å². The van der Waals surface area contributed by atoms with Crippen molar-refractivity contribution in [3.05, 3.63) is 40.1 Å². The van der Waals surface area contributed by atoms with E-state index in [9.17, 15) is 0 Å². The molecule has 1 N–H and O–H groups in total. The summed E-state index contributed by atoms with van der Waals surface area (Å²) in [5.74, 6) is 0. The van der Waals surface area contributed by atoms with Crippen molar-refractivity contribution in [1.82, 2.24) is 10.3 Å². The number of nitrogens with zero attached hydrogens (tertiary/aromatic N) is 1. The van der Waals surface area contributed by atoms with E-state index in [1.54, 1.807) is 0 Å². The van der Waals surface area contributed by atoms with Crippen molar-refractivity contribution in [3.63, 3.8) is 0 Å². The molecule has 18 heavy (non-hydrogen) atoms. The molecule has 0 fully saturated rings. The third kappa shape index (κ3) is 3.42. The molecule has 1 aromatic rings. The fourth-order valence-electron chi connectivity index (χ4n) is 2.43. The van der Waals surface area contributed by atoms with Gasteiger partial charge in [0.1, 0.15) is 0 Å². The van der Waals surface area contributed by atoms with Crippen LogP contribution in [0.25, 0.3) is 0 Å². The lowest BCUT2D eigenvalue weighted by atomic mass is 9.92. The zero-order valence-electron chi connectivity index (χ0n) is 11.0. The van der Waals surface area contributed by atoms with Crippen molar-refractivity contribution >= 4 is 15.9 Å². The Morgan fingerprint density at radius 1 is 1.44 bits per heavy atom. The third-order valence-corrected chi connectivity index (χ3v) is 4.03. The topological polar surface area (TPSA) is 24.9 Å². The molecule has 2 nitrogen and oxygen atoms in total. The average molecular weight is 309 g/mol. The second-order valence-corrected chi connectivity index (χ2v) is 5.64. The Morgan fingerprint density at radius 3 is 3.00 bits per heavy atom. The molecule has 0 bridgehead atoms. The molecule has 0 radical (unpaired) electrons. The second-order valence-electron chi connectivity index (χ2n) is 4.78. The number of aromatic nitrogens is 1. The first-order valence-corrected chi connectivity index (χ1v) is 7.65. The van der Waals surface area contributed by atoms with E-state index < -0.39 is 0 Å². The quantitative estimate of drug-likeness (QED) is 0.816. The highest BCUT2D eigenvalue weighted by Crippen LogP contribution is 2.32. The van der Waals surface area contributed by atoms with Gasteiger partial charge >= 0.3 is 0 Å². The molecular weight excluding hydrogens is 288 g/mol. The Morgan fingerprint density at radius 2 is 2.33 bits per heavy atom. The van der Waals surface area contributed by atoms with Gasteiger partial charge in [-0.1, -0.05) is 18.6 Å². The minimum atomic E-state index is 0.279. The van der Waals surface area contributed by atoms with E-state index in [-0.39, 0.29) is 6.04 Å². The summed E-state index contributed by atoms with van der Waals surface area (Å²) in [6.07, 6.45) is 10.5. The largest absolute Gasteiger partial charge is 0.305 e. The lowest BCUT2D eigenvalue weighted by molar-refractivity contribution is 0.536. The Balaban J connectivity index is 2.24. The number of pyridine rings is 1. The van der Waals surface area contributed by atoms with Gasteiger partial charge in [0.2, 0.25) is 0 Å². The van der Waals surface area contributed by atoms with Crippen LogP contribution < -0.4 is 5.32 Å². The average Bonchev–Trinajstić information content (AvgIpc) is 2.42. The zero-order valence-corrected chi connectivity index (χ0v) is 12.5. The first kappa shape index (κ1) is 13.8. The fourth-order valence-corrected chi connectivity index (χ4v) is 2.91. The number of rotatable bonds is 5. The highest BCUT2D eigenvalue weighted by atomic mass is 79.9. The number of halogens is 1. The molecule has 0 saturated carbocycles. The Hall–Kier alpha value is -0.670. The molecule has 1 heterocycles. The van der Waals surface area contributed by atoms with E-state index >= 15 is 0 Å². The molecule has 0 aliphatic heterocycles. The van der Waals surface area contributed by atoms with Gasteiger partial charge in [-0.2, -0.15) is 0 Å². The van der Waals surface area contributed by atoms with Crippen molar-refractivity contribution in [2.45, 2.75) is 45.1 Å². The van der Waals surface area contributed by atoms with Gasteiger partial charge in [-0.15, -0.1) is 0 Å². The summed E-state index contributed by atoms with van der Waals surface area (Å²) in [4.78, 5) is 4.56. The summed E-state index contributed by atoms with van der Waals surface area (Å²) >= 11 is 3.63. The van der Waals surface area contributed by atoms with Crippen LogP contribution in [-0.2, 0) is 0 Å². The van der Waals surface area contributed by atoms with Crippen LogP contribution >= 0.6 is 15.9 Å². The number of hydrogen-bond acceptors (Lipinski definition) is 2. The predicted octanol–water partition coefficient (Wildman–Crippen LogP) is 4.39. The van der Waals surface area contributed by atoms with Gasteiger partial charge in [-0.25, -0.2) is 0 Å². The molecule has 3 heteroatoms. The summed E-state index contributed by atoms with van der Waals surface area (Å²) in [5.41, 5.74) is 2.63. The molecule has 1 aliphatic rings. The maximum absolute atomic E-state index is 4.56. The van der Waals surface area contributed by atoms with Crippen molar-refractivity contribution in [2.24, 2.45) is 0 Å². The molecule has 0 saturated heterocycles. The smallest absolute Gasteiger partial charge is 0.0756 e. The van der Waals surface area contributed by atoms with E-state index in [0.29, 0.717) is 0 Å². The van der Waals surface area contributed by atoms with Crippen molar-refractivity contribution in [3.8, 4) is 0 Å². The van der Waals surface area contributed by atoms with Crippen LogP contribution in [0.3, 0.4) is 0 Å². The van der Waals surface area contributed by atoms with Crippen LogP contribution in [0.5, 0.6) is 0 Å². The van der Waals surface area contributed by atoms with E-state index in [4.69, 9.17) is 0 Å². The number of nitrogens with one attached hydrogen (secondary N) is 1. The van der Waals surface area contributed by atoms with E-state index in [0.717, 1.165) is 23.1 Å². The number of hydrogen-bond donors (Lipinski definition) is 1. The molecule has 1 atom stereocenters. The standard InChI is InChI=1S/C15H21BrN2/c1-2-10-17-14(12-7-4-3-5-8-12)15-13(16)9-6-11-18-15/h6-7,9,11,14,17H,2-5,8,10H2,1H3.